The summed E-state index contributed by atoms with van der Waals surface area (Å²) in [7, 11) is 1.87. The molecular formula is C16H13N9. The molecule has 0 bridgehead atoms. The Hall–Kier alpha value is -3.62. The molecule has 0 amide bonds. The number of rotatable bonds is 3. The normalized spacial score (nSPS) is 11.6. The monoisotopic (exact) mass is 331 g/mol. The minimum absolute atomic E-state index is 0.523. The average Bonchev–Trinajstić information content (AvgIpc) is 3.34. The van der Waals surface area contributed by atoms with Gasteiger partial charge in [-0.1, -0.05) is 5.21 Å². The molecule has 0 spiro atoms. The Morgan fingerprint density at radius 2 is 2.08 bits per heavy atom. The first-order valence-electron chi connectivity index (χ1n) is 7.73. The number of aryl methyl sites for hydroxylation is 1. The Bertz CT molecular complexity index is 1200. The smallest absolute Gasteiger partial charge is 0.221 e. The van der Waals surface area contributed by atoms with Gasteiger partial charge in [-0.05, 0) is 17.7 Å². The van der Waals surface area contributed by atoms with Gasteiger partial charge in [0, 0.05) is 37.4 Å². The molecule has 0 saturated carbocycles. The number of pyridine rings is 1. The van der Waals surface area contributed by atoms with Crippen LogP contribution in [0.15, 0.2) is 49.3 Å². The summed E-state index contributed by atoms with van der Waals surface area (Å²) < 4.78 is 5.44. The maximum Gasteiger partial charge on any atom is 0.221 e. The molecule has 25 heavy (non-hydrogen) atoms. The second kappa shape index (κ2) is 5.20. The van der Waals surface area contributed by atoms with Crippen LogP contribution in [0, 0.1) is 0 Å². The minimum atomic E-state index is 0.523. The largest absolute Gasteiger partial charge is 0.307 e. The average molecular weight is 331 g/mol. The van der Waals surface area contributed by atoms with Gasteiger partial charge in [0.1, 0.15) is 5.65 Å². The molecule has 0 aliphatic carbocycles. The van der Waals surface area contributed by atoms with E-state index in [1.165, 1.54) is 0 Å². The highest BCUT2D eigenvalue weighted by Gasteiger charge is 2.11. The predicted octanol–water partition coefficient (Wildman–Crippen LogP) is 1.32. The number of hydrogen-bond donors (Lipinski definition) is 0. The molecule has 5 aromatic rings. The lowest BCUT2D eigenvalue weighted by Crippen LogP contribution is -2.04. The van der Waals surface area contributed by atoms with Crippen molar-refractivity contribution in [2.45, 2.75) is 6.54 Å². The molecule has 0 radical (unpaired) electrons. The van der Waals surface area contributed by atoms with Crippen LogP contribution in [0.3, 0.4) is 0 Å². The third-order valence-electron chi connectivity index (χ3n) is 4.02. The van der Waals surface area contributed by atoms with E-state index in [-0.39, 0.29) is 0 Å². The fourth-order valence-corrected chi connectivity index (χ4v) is 2.78. The highest BCUT2D eigenvalue weighted by molar-refractivity contribution is 5.69. The Balaban J connectivity index is 1.56. The van der Waals surface area contributed by atoms with Gasteiger partial charge < -0.3 is 4.40 Å². The first-order chi connectivity index (χ1) is 12.3. The van der Waals surface area contributed by atoms with Crippen LogP contribution in [-0.4, -0.2) is 44.1 Å². The third kappa shape index (κ3) is 2.33. The van der Waals surface area contributed by atoms with E-state index in [4.69, 9.17) is 0 Å². The third-order valence-corrected chi connectivity index (χ3v) is 4.02. The van der Waals surface area contributed by atoms with Crippen LogP contribution in [0.4, 0.5) is 0 Å². The van der Waals surface area contributed by atoms with Gasteiger partial charge in [-0.2, -0.15) is 5.10 Å². The number of imidazole rings is 1. The zero-order chi connectivity index (χ0) is 16.8. The maximum absolute atomic E-state index is 4.67. The van der Waals surface area contributed by atoms with Crippen molar-refractivity contribution in [2.24, 2.45) is 7.05 Å². The Labute approximate surface area is 141 Å². The number of aromatic nitrogens is 9. The van der Waals surface area contributed by atoms with Crippen molar-refractivity contribution in [2.75, 3.05) is 0 Å². The van der Waals surface area contributed by atoms with E-state index in [9.17, 15) is 0 Å². The number of hydrogen-bond acceptors (Lipinski definition) is 6. The molecule has 5 aromatic heterocycles. The van der Waals surface area contributed by atoms with E-state index in [1.54, 1.807) is 28.0 Å². The van der Waals surface area contributed by atoms with Crippen molar-refractivity contribution in [3.05, 3.63) is 54.9 Å². The summed E-state index contributed by atoms with van der Waals surface area (Å²) in [5.41, 5.74) is 4.78. The van der Waals surface area contributed by atoms with Crippen LogP contribution in [0.5, 0.6) is 0 Å². The van der Waals surface area contributed by atoms with E-state index in [2.05, 4.69) is 30.4 Å². The highest BCUT2D eigenvalue weighted by atomic mass is 15.4. The van der Waals surface area contributed by atoms with Crippen LogP contribution < -0.4 is 0 Å². The predicted molar refractivity (Wildman–Crippen MR) is 89.6 cm³/mol. The Morgan fingerprint density at radius 3 is 2.96 bits per heavy atom. The Kier molecular flexibility index (Phi) is 2.87. The summed E-state index contributed by atoms with van der Waals surface area (Å²) in [6, 6.07) is 4.05. The lowest BCUT2D eigenvalue weighted by molar-refractivity contribution is 0.664. The van der Waals surface area contributed by atoms with Crippen molar-refractivity contribution in [1.29, 1.82) is 0 Å². The van der Waals surface area contributed by atoms with Gasteiger partial charge >= 0.3 is 0 Å². The molecular weight excluding hydrogens is 318 g/mol. The summed E-state index contributed by atoms with van der Waals surface area (Å²) >= 11 is 0. The van der Waals surface area contributed by atoms with Crippen molar-refractivity contribution in [3.8, 4) is 11.3 Å². The van der Waals surface area contributed by atoms with Crippen LogP contribution in [0.1, 0.15) is 5.56 Å². The van der Waals surface area contributed by atoms with E-state index in [1.807, 2.05) is 42.2 Å². The van der Waals surface area contributed by atoms with E-state index >= 15 is 0 Å². The zero-order valence-electron chi connectivity index (χ0n) is 13.4. The summed E-state index contributed by atoms with van der Waals surface area (Å²) in [6.07, 6.45) is 11.0. The van der Waals surface area contributed by atoms with Gasteiger partial charge in [-0.15, -0.1) is 5.10 Å². The lowest BCUT2D eigenvalue weighted by Gasteiger charge is -2.03. The van der Waals surface area contributed by atoms with Crippen LogP contribution in [-0.2, 0) is 13.6 Å². The second-order valence-electron chi connectivity index (χ2n) is 5.78. The molecule has 9 heteroatoms. The quantitative estimate of drug-likeness (QED) is 0.495. The van der Waals surface area contributed by atoms with Crippen molar-refractivity contribution < 1.29 is 0 Å². The molecule has 0 unspecified atom stereocenters. The van der Waals surface area contributed by atoms with Gasteiger partial charge in [-0.25, -0.2) is 19.6 Å². The second-order valence-corrected chi connectivity index (χ2v) is 5.78. The van der Waals surface area contributed by atoms with Gasteiger partial charge in [0.05, 0.1) is 24.6 Å². The topological polar surface area (TPSA) is 91.6 Å². The molecule has 5 rings (SSSR count). The first-order valence-corrected chi connectivity index (χ1v) is 7.73. The standard InChI is InChI=1S/C16H13N9/c1-23-10-12(7-19-23)13-8-18-15-16(20-13)25(22-21-15)9-11-2-4-24-5-3-17-14(24)6-11/h2-8,10H,9H2,1H3. The number of fused-ring (bicyclic) bond motifs is 2. The molecule has 0 aliphatic heterocycles. The van der Waals surface area contributed by atoms with Gasteiger partial charge in [0.15, 0.2) is 5.65 Å². The van der Waals surface area contributed by atoms with Crippen LogP contribution >= 0.6 is 0 Å². The van der Waals surface area contributed by atoms with Gasteiger partial charge in [0.25, 0.3) is 0 Å². The molecule has 0 aromatic carbocycles. The van der Waals surface area contributed by atoms with E-state index in [0.29, 0.717) is 17.8 Å². The van der Waals surface area contributed by atoms with E-state index < -0.39 is 0 Å². The summed E-state index contributed by atoms with van der Waals surface area (Å²) in [5, 5.41) is 12.5. The summed E-state index contributed by atoms with van der Waals surface area (Å²) in [4.78, 5) is 13.3. The van der Waals surface area contributed by atoms with Crippen molar-refractivity contribution >= 4 is 16.9 Å². The minimum Gasteiger partial charge on any atom is -0.307 e. The molecule has 0 fully saturated rings. The summed E-state index contributed by atoms with van der Waals surface area (Å²) in [5.74, 6) is 0. The molecule has 122 valence electrons. The lowest BCUT2D eigenvalue weighted by atomic mass is 10.2. The van der Waals surface area contributed by atoms with E-state index in [0.717, 1.165) is 22.5 Å². The fourth-order valence-electron chi connectivity index (χ4n) is 2.78. The van der Waals surface area contributed by atoms with Crippen LogP contribution in [0.25, 0.3) is 28.2 Å². The van der Waals surface area contributed by atoms with Crippen LogP contribution in [0.2, 0.25) is 0 Å². The van der Waals surface area contributed by atoms with Gasteiger partial charge in [0.2, 0.25) is 5.65 Å². The molecule has 0 saturated heterocycles. The SMILES string of the molecule is Cn1cc(-c2cnc3nnn(Cc4ccn5ccnc5c4)c3n2)cn1. The summed E-state index contributed by atoms with van der Waals surface area (Å²) in [6.45, 7) is 0.547. The number of nitrogens with zero attached hydrogens (tertiary/aromatic N) is 9. The maximum atomic E-state index is 4.67. The Morgan fingerprint density at radius 1 is 1.12 bits per heavy atom. The first kappa shape index (κ1) is 13.8. The molecule has 0 atom stereocenters. The molecule has 0 aliphatic rings. The van der Waals surface area contributed by atoms with Crippen molar-refractivity contribution in [3.63, 3.8) is 0 Å². The molecule has 9 nitrogen and oxygen atoms in total. The molecule has 5 heterocycles. The zero-order valence-corrected chi connectivity index (χ0v) is 13.4. The molecule has 0 N–H and O–H groups in total. The van der Waals surface area contributed by atoms with Gasteiger partial charge in [-0.3, -0.25) is 4.68 Å². The highest BCUT2D eigenvalue weighted by Crippen LogP contribution is 2.18. The van der Waals surface area contributed by atoms with Crippen molar-refractivity contribution in [1.82, 2.24) is 44.1 Å². The fraction of sp³-hybridized carbons (Fsp3) is 0.125.